The molecule has 0 bridgehead atoms. The molecule has 1 radical (unpaired) electrons. The van der Waals surface area contributed by atoms with E-state index >= 15 is 0 Å². The molecule has 1 heterocycles. The Morgan fingerprint density at radius 2 is 1.92 bits per heavy atom. The van der Waals surface area contributed by atoms with Crippen molar-refractivity contribution in [3.8, 4) is 0 Å². The summed E-state index contributed by atoms with van der Waals surface area (Å²) in [7, 11) is 2.15. The Morgan fingerprint density at radius 1 is 1.25 bits per heavy atom. The van der Waals surface area contributed by atoms with E-state index in [2.05, 4.69) is 16.8 Å². The maximum atomic E-state index is 9.95. The molecule has 0 spiro atoms. The molecule has 0 amide bonds. The number of likely N-dealkylation sites (N-methyl/N-ethyl adjacent to an activating group) is 1. The zero-order valence-electron chi connectivity index (χ0n) is 7.75. The van der Waals surface area contributed by atoms with Crippen LogP contribution in [-0.2, 0) is 4.79 Å². The fourth-order valence-electron chi connectivity index (χ4n) is 1.45. The van der Waals surface area contributed by atoms with Crippen LogP contribution in [0.25, 0.3) is 0 Å². The minimum Gasteiger partial charge on any atom is -0.304 e. The smallest absolute Gasteiger partial charge is 0.198 e. The maximum Gasteiger partial charge on any atom is 0.198 e. The van der Waals surface area contributed by atoms with E-state index in [1.54, 1.807) is 0 Å². The Bertz CT molecular complexity index is 130. The summed E-state index contributed by atoms with van der Waals surface area (Å²) in [5, 5.41) is 0. The van der Waals surface area contributed by atoms with Crippen molar-refractivity contribution in [1.82, 2.24) is 9.80 Å². The monoisotopic (exact) mass is 169 g/mol. The molecular weight excluding hydrogens is 152 g/mol. The minimum absolute atomic E-state index is 0.590. The van der Waals surface area contributed by atoms with Gasteiger partial charge < -0.3 is 9.80 Å². The summed E-state index contributed by atoms with van der Waals surface area (Å²) in [6.45, 7) is 5.67. The SMILES string of the molecule is CN1CCN(CCC[C]=O)CC1. The van der Waals surface area contributed by atoms with Crippen LogP contribution >= 0.6 is 0 Å². The third-order valence-electron chi connectivity index (χ3n) is 2.35. The predicted octanol–water partition coefficient (Wildman–Crippen LogP) is 0.124. The van der Waals surface area contributed by atoms with E-state index in [1.807, 2.05) is 6.29 Å². The van der Waals surface area contributed by atoms with Crippen LogP contribution in [0.15, 0.2) is 0 Å². The lowest BCUT2D eigenvalue weighted by Gasteiger charge is -2.32. The van der Waals surface area contributed by atoms with Crippen molar-refractivity contribution in [1.29, 1.82) is 0 Å². The van der Waals surface area contributed by atoms with E-state index in [-0.39, 0.29) is 0 Å². The van der Waals surface area contributed by atoms with Crippen molar-refractivity contribution in [3.63, 3.8) is 0 Å². The highest BCUT2D eigenvalue weighted by molar-refractivity contribution is 5.50. The molecule has 3 nitrogen and oxygen atoms in total. The average molecular weight is 169 g/mol. The molecule has 0 aromatic carbocycles. The van der Waals surface area contributed by atoms with Crippen LogP contribution in [-0.4, -0.2) is 55.9 Å². The van der Waals surface area contributed by atoms with Gasteiger partial charge in [0.05, 0.1) is 0 Å². The first kappa shape index (κ1) is 9.68. The molecule has 0 aromatic rings. The van der Waals surface area contributed by atoms with Crippen molar-refractivity contribution in [2.75, 3.05) is 39.8 Å². The van der Waals surface area contributed by atoms with Crippen LogP contribution in [0.4, 0.5) is 0 Å². The van der Waals surface area contributed by atoms with E-state index in [0.29, 0.717) is 6.42 Å². The minimum atomic E-state index is 0.590. The number of hydrogen-bond acceptors (Lipinski definition) is 3. The van der Waals surface area contributed by atoms with Crippen LogP contribution in [0, 0.1) is 0 Å². The first-order valence-corrected chi connectivity index (χ1v) is 4.59. The van der Waals surface area contributed by atoms with Crippen LogP contribution < -0.4 is 0 Å². The zero-order chi connectivity index (χ0) is 8.81. The highest BCUT2D eigenvalue weighted by Gasteiger charge is 2.12. The van der Waals surface area contributed by atoms with Gasteiger partial charge >= 0.3 is 0 Å². The summed E-state index contributed by atoms with van der Waals surface area (Å²) in [6.07, 6.45) is 3.48. The number of unbranched alkanes of at least 4 members (excludes halogenated alkanes) is 1. The summed E-state index contributed by atoms with van der Waals surface area (Å²) in [4.78, 5) is 14.7. The second kappa shape index (κ2) is 5.27. The molecule has 12 heavy (non-hydrogen) atoms. The largest absolute Gasteiger partial charge is 0.304 e. The highest BCUT2D eigenvalue weighted by atomic mass is 16.1. The summed E-state index contributed by atoms with van der Waals surface area (Å²) in [5.41, 5.74) is 0. The number of hydrogen-bond donors (Lipinski definition) is 0. The maximum absolute atomic E-state index is 9.95. The van der Waals surface area contributed by atoms with Gasteiger partial charge in [0.15, 0.2) is 6.29 Å². The van der Waals surface area contributed by atoms with Gasteiger partial charge in [0, 0.05) is 32.6 Å². The Hall–Kier alpha value is -0.410. The quantitative estimate of drug-likeness (QED) is 0.559. The van der Waals surface area contributed by atoms with E-state index in [0.717, 1.165) is 39.1 Å². The molecule has 69 valence electrons. The van der Waals surface area contributed by atoms with Crippen molar-refractivity contribution in [2.45, 2.75) is 12.8 Å². The van der Waals surface area contributed by atoms with Crippen molar-refractivity contribution < 1.29 is 4.79 Å². The van der Waals surface area contributed by atoms with Gasteiger partial charge in [0.25, 0.3) is 0 Å². The normalized spacial score (nSPS) is 21.1. The van der Waals surface area contributed by atoms with E-state index in [1.165, 1.54) is 0 Å². The summed E-state index contributed by atoms with van der Waals surface area (Å²) >= 11 is 0. The number of rotatable bonds is 4. The molecule has 0 unspecified atom stereocenters. The molecule has 0 aliphatic carbocycles. The number of carbonyl (C=O) groups excluding carboxylic acids is 1. The highest BCUT2D eigenvalue weighted by Crippen LogP contribution is 2.00. The third-order valence-corrected chi connectivity index (χ3v) is 2.35. The lowest BCUT2D eigenvalue weighted by molar-refractivity contribution is 0.153. The molecule has 1 rings (SSSR count). The summed E-state index contributed by atoms with van der Waals surface area (Å²) < 4.78 is 0. The molecule has 1 saturated heterocycles. The summed E-state index contributed by atoms with van der Waals surface area (Å²) in [6, 6.07) is 0. The number of nitrogens with zero attached hydrogens (tertiary/aromatic N) is 2. The second-order valence-electron chi connectivity index (χ2n) is 3.39. The van der Waals surface area contributed by atoms with Crippen LogP contribution in [0.1, 0.15) is 12.8 Å². The van der Waals surface area contributed by atoms with Crippen LogP contribution in [0.3, 0.4) is 0 Å². The second-order valence-corrected chi connectivity index (χ2v) is 3.39. The van der Waals surface area contributed by atoms with Gasteiger partial charge in [-0.2, -0.15) is 0 Å². The van der Waals surface area contributed by atoms with Crippen LogP contribution in [0.5, 0.6) is 0 Å². The van der Waals surface area contributed by atoms with E-state index in [4.69, 9.17) is 0 Å². The molecule has 0 N–H and O–H groups in total. The lowest BCUT2D eigenvalue weighted by Crippen LogP contribution is -2.44. The van der Waals surface area contributed by atoms with Gasteiger partial charge in [-0.3, -0.25) is 4.79 Å². The third kappa shape index (κ3) is 3.32. The van der Waals surface area contributed by atoms with Gasteiger partial charge in [-0.25, -0.2) is 0 Å². The van der Waals surface area contributed by atoms with E-state index in [9.17, 15) is 4.79 Å². The predicted molar refractivity (Wildman–Crippen MR) is 48.9 cm³/mol. The molecule has 0 aromatic heterocycles. The standard InChI is InChI=1S/C9H17N2O/c1-10-5-7-11(8-6-10)4-2-3-9-12/h2-8H2,1H3. The van der Waals surface area contributed by atoms with Gasteiger partial charge in [0.1, 0.15) is 0 Å². The van der Waals surface area contributed by atoms with Gasteiger partial charge in [-0.15, -0.1) is 0 Å². The Morgan fingerprint density at radius 3 is 2.50 bits per heavy atom. The molecule has 0 saturated carbocycles. The van der Waals surface area contributed by atoms with Gasteiger partial charge in [-0.05, 0) is 20.0 Å². The summed E-state index contributed by atoms with van der Waals surface area (Å²) in [5.74, 6) is 0. The average Bonchev–Trinajstić information content (AvgIpc) is 2.09. The zero-order valence-corrected chi connectivity index (χ0v) is 7.75. The van der Waals surface area contributed by atoms with E-state index < -0.39 is 0 Å². The first-order valence-electron chi connectivity index (χ1n) is 4.59. The van der Waals surface area contributed by atoms with Crippen LogP contribution in [0.2, 0.25) is 0 Å². The Balaban J connectivity index is 2.05. The molecular formula is C9H17N2O. The number of piperazine rings is 1. The van der Waals surface area contributed by atoms with Crippen molar-refractivity contribution in [3.05, 3.63) is 0 Å². The Labute approximate surface area is 74.3 Å². The topological polar surface area (TPSA) is 23.6 Å². The fraction of sp³-hybridized carbons (Fsp3) is 0.889. The van der Waals surface area contributed by atoms with Gasteiger partial charge in [0.2, 0.25) is 0 Å². The fourth-order valence-corrected chi connectivity index (χ4v) is 1.45. The van der Waals surface area contributed by atoms with Gasteiger partial charge in [-0.1, -0.05) is 0 Å². The van der Waals surface area contributed by atoms with Crippen molar-refractivity contribution in [2.24, 2.45) is 0 Å². The molecule has 3 heteroatoms. The molecule has 1 aliphatic rings. The van der Waals surface area contributed by atoms with Crippen molar-refractivity contribution >= 4 is 6.29 Å². The molecule has 0 atom stereocenters. The molecule has 1 aliphatic heterocycles. The molecule has 1 fully saturated rings. The lowest BCUT2D eigenvalue weighted by atomic mass is 10.2. The Kier molecular flexibility index (Phi) is 4.25. The first-order chi connectivity index (χ1) is 5.83.